The van der Waals surface area contributed by atoms with Crippen LogP contribution in [0.4, 0.5) is 13.2 Å². The molecule has 0 spiro atoms. The Labute approximate surface area is 163 Å². The highest BCUT2D eigenvalue weighted by Gasteiger charge is 2.48. The second kappa shape index (κ2) is 7.92. The minimum Gasteiger partial charge on any atom is -0.508 e. The summed E-state index contributed by atoms with van der Waals surface area (Å²) < 4.78 is 61.9. The number of phenolic OH excluding ortho intramolecular Hbond substituents is 1. The van der Waals surface area contributed by atoms with Gasteiger partial charge in [0, 0.05) is 35.6 Å². The molecule has 0 unspecified atom stereocenters. The Morgan fingerprint density at radius 3 is 1.93 bits per heavy atom. The number of aromatic nitrogens is 2. The van der Waals surface area contributed by atoms with Gasteiger partial charge in [0.2, 0.25) is 0 Å². The molecule has 2 aromatic heterocycles. The van der Waals surface area contributed by atoms with Crippen LogP contribution in [0.3, 0.4) is 0 Å². The summed E-state index contributed by atoms with van der Waals surface area (Å²) in [6.07, 6.45) is 6.37. The van der Waals surface area contributed by atoms with E-state index in [4.69, 9.17) is 5.11 Å². The minimum absolute atomic E-state index is 0.283. The standard InChI is InChI=1S/C10H6F3NO3S.C9H7NO/c11-10(12,13)18(15,16)17-9-2-1-7-3-4-14-6-8(7)5-9;11-9-2-1-7-3-4-10-6-8(7)5-9/h1-6H;1-6,11H. The topological polar surface area (TPSA) is 89.4 Å². The smallest absolute Gasteiger partial charge is 0.508 e. The molecule has 0 bridgehead atoms. The van der Waals surface area contributed by atoms with E-state index in [1.807, 2.05) is 12.1 Å². The van der Waals surface area contributed by atoms with E-state index in [1.165, 1.54) is 24.5 Å². The van der Waals surface area contributed by atoms with Crippen LogP contribution in [0.5, 0.6) is 11.5 Å². The number of aromatic hydroxyl groups is 1. The predicted molar refractivity (Wildman–Crippen MR) is 101 cm³/mol. The molecule has 1 N–H and O–H groups in total. The molecule has 2 heterocycles. The first-order valence-corrected chi connectivity index (χ1v) is 9.44. The zero-order chi connectivity index (χ0) is 21.1. The van der Waals surface area contributed by atoms with Crippen LogP contribution in [0.15, 0.2) is 73.3 Å². The molecule has 0 aliphatic heterocycles. The fourth-order valence-electron chi connectivity index (χ4n) is 2.36. The second-order valence-electron chi connectivity index (χ2n) is 5.77. The quantitative estimate of drug-likeness (QED) is 0.380. The SMILES string of the molecule is O=S(=O)(Oc1ccc2ccncc2c1)C(F)(F)F.Oc1ccc2ccncc2c1. The zero-order valence-corrected chi connectivity index (χ0v) is 15.4. The Balaban J connectivity index is 0.000000186. The largest absolute Gasteiger partial charge is 0.534 e. The van der Waals surface area contributed by atoms with Gasteiger partial charge in [0.25, 0.3) is 0 Å². The predicted octanol–water partition coefficient (Wildman–Crippen LogP) is 4.40. The number of hydrogen-bond acceptors (Lipinski definition) is 6. The van der Waals surface area contributed by atoms with Crippen molar-refractivity contribution in [3.8, 4) is 11.5 Å². The van der Waals surface area contributed by atoms with E-state index < -0.39 is 21.4 Å². The molecule has 0 amide bonds. The van der Waals surface area contributed by atoms with Crippen molar-refractivity contribution < 1.29 is 30.9 Å². The number of alkyl halides is 3. The maximum Gasteiger partial charge on any atom is 0.534 e. The van der Waals surface area contributed by atoms with Gasteiger partial charge in [-0.3, -0.25) is 9.97 Å². The molecule has 0 saturated carbocycles. The molecule has 0 atom stereocenters. The molecule has 0 fully saturated rings. The van der Waals surface area contributed by atoms with Crippen molar-refractivity contribution in [2.24, 2.45) is 0 Å². The van der Waals surface area contributed by atoms with Gasteiger partial charge < -0.3 is 9.29 Å². The van der Waals surface area contributed by atoms with Crippen molar-refractivity contribution in [3.63, 3.8) is 0 Å². The lowest BCUT2D eigenvalue weighted by Gasteiger charge is -2.09. The lowest BCUT2D eigenvalue weighted by atomic mass is 10.2. The molecule has 4 aromatic rings. The highest BCUT2D eigenvalue weighted by Crippen LogP contribution is 2.28. The van der Waals surface area contributed by atoms with Crippen LogP contribution in [0.2, 0.25) is 0 Å². The van der Waals surface area contributed by atoms with Crippen LogP contribution >= 0.6 is 0 Å². The average molecular weight is 422 g/mol. The normalized spacial score (nSPS) is 11.7. The zero-order valence-electron chi connectivity index (χ0n) is 14.5. The molecule has 6 nitrogen and oxygen atoms in total. The van der Waals surface area contributed by atoms with Gasteiger partial charge in [0.05, 0.1) is 0 Å². The van der Waals surface area contributed by atoms with Gasteiger partial charge in [0.1, 0.15) is 11.5 Å². The van der Waals surface area contributed by atoms with E-state index in [-0.39, 0.29) is 5.75 Å². The number of phenols is 1. The lowest BCUT2D eigenvalue weighted by Crippen LogP contribution is -2.28. The average Bonchev–Trinajstić information content (AvgIpc) is 2.67. The van der Waals surface area contributed by atoms with Gasteiger partial charge in [-0.05, 0) is 47.2 Å². The van der Waals surface area contributed by atoms with Crippen molar-refractivity contribution >= 4 is 31.7 Å². The number of fused-ring (bicyclic) bond motifs is 2. The van der Waals surface area contributed by atoms with E-state index in [2.05, 4.69) is 14.2 Å². The third-order valence-electron chi connectivity index (χ3n) is 3.73. The van der Waals surface area contributed by atoms with Crippen molar-refractivity contribution in [2.75, 3.05) is 0 Å². The van der Waals surface area contributed by atoms with Crippen LogP contribution in [-0.2, 0) is 10.1 Å². The Bertz CT molecular complexity index is 1260. The Kier molecular flexibility index (Phi) is 5.55. The summed E-state index contributed by atoms with van der Waals surface area (Å²) >= 11 is 0. The van der Waals surface area contributed by atoms with E-state index >= 15 is 0 Å². The van der Waals surface area contributed by atoms with Gasteiger partial charge in [-0.25, -0.2) is 0 Å². The molecule has 4 rings (SSSR count). The first kappa shape index (κ1) is 20.3. The van der Waals surface area contributed by atoms with Crippen LogP contribution in [0.1, 0.15) is 0 Å². The fourth-order valence-corrected chi connectivity index (χ4v) is 2.81. The molecule has 0 saturated heterocycles. The summed E-state index contributed by atoms with van der Waals surface area (Å²) in [5, 5.41) is 12.4. The summed E-state index contributed by atoms with van der Waals surface area (Å²) in [5.74, 6) is -0.127. The number of pyridine rings is 2. The van der Waals surface area contributed by atoms with Crippen molar-refractivity contribution in [1.82, 2.24) is 9.97 Å². The Hall–Kier alpha value is -3.40. The van der Waals surface area contributed by atoms with Crippen LogP contribution in [0.25, 0.3) is 21.5 Å². The molecule has 10 heteroatoms. The molecular weight excluding hydrogens is 409 g/mol. The van der Waals surface area contributed by atoms with Crippen LogP contribution in [0, 0.1) is 0 Å². The summed E-state index contributed by atoms with van der Waals surface area (Å²) in [7, 11) is -5.64. The summed E-state index contributed by atoms with van der Waals surface area (Å²) in [6, 6.07) is 12.5. The van der Waals surface area contributed by atoms with Gasteiger partial charge in [-0.15, -0.1) is 0 Å². The van der Waals surface area contributed by atoms with Crippen molar-refractivity contribution in [2.45, 2.75) is 5.51 Å². The molecule has 0 aliphatic carbocycles. The number of nitrogens with zero attached hydrogens (tertiary/aromatic N) is 2. The van der Waals surface area contributed by atoms with E-state index in [9.17, 15) is 21.6 Å². The number of benzene rings is 2. The van der Waals surface area contributed by atoms with Crippen molar-refractivity contribution in [1.29, 1.82) is 0 Å². The molecule has 2 aromatic carbocycles. The number of rotatable bonds is 2. The maximum atomic E-state index is 12.1. The Morgan fingerprint density at radius 1 is 0.793 bits per heavy atom. The third-order valence-corrected chi connectivity index (χ3v) is 4.70. The molecule has 0 radical (unpaired) electrons. The first-order chi connectivity index (χ1) is 13.7. The number of hydrogen-bond donors (Lipinski definition) is 1. The van der Waals surface area contributed by atoms with Crippen LogP contribution < -0.4 is 4.18 Å². The molecular formula is C19H13F3N2O4S. The second-order valence-corrected chi connectivity index (χ2v) is 7.31. The summed E-state index contributed by atoms with van der Waals surface area (Å²) in [4.78, 5) is 7.71. The highest BCUT2D eigenvalue weighted by atomic mass is 32.2. The third kappa shape index (κ3) is 4.91. The molecule has 0 aliphatic rings. The maximum absolute atomic E-state index is 12.1. The molecule has 29 heavy (non-hydrogen) atoms. The van der Waals surface area contributed by atoms with Crippen LogP contribution in [-0.4, -0.2) is 29.0 Å². The van der Waals surface area contributed by atoms with Gasteiger partial charge in [0.15, 0.2) is 0 Å². The summed E-state index contributed by atoms with van der Waals surface area (Å²) in [6.45, 7) is 0. The van der Waals surface area contributed by atoms with E-state index in [0.29, 0.717) is 10.8 Å². The number of halogens is 3. The first-order valence-electron chi connectivity index (χ1n) is 8.03. The van der Waals surface area contributed by atoms with Gasteiger partial charge in [-0.1, -0.05) is 12.1 Å². The minimum atomic E-state index is -5.64. The molecule has 150 valence electrons. The van der Waals surface area contributed by atoms with Gasteiger partial charge in [-0.2, -0.15) is 21.6 Å². The lowest BCUT2D eigenvalue weighted by molar-refractivity contribution is -0.0500. The van der Waals surface area contributed by atoms with E-state index in [0.717, 1.165) is 16.8 Å². The fraction of sp³-hybridized carbons (Fsp3) is 0.0526. The Morgan fingerprint density at radius 2 is 1.34 bits per heavy atom. The van der Waals surface area contributed by atoms with Gasteiger partial charge >= 0.3 is 15.6 Å². The summed E-state index contributed by atoms with van der Waals surface area (Å²) in [5.41, 5.74) is -5.45. The van der Waals surface area contributed by atoms with E-state index in [1.54, 1.807) is 30.6 Å². The van der Waals surface area contributed by atoms with Crippen molar-refractivity contribution in [3.05, 3.63) is 73.3 Å². The highest BCUT2D eigenvalue weighted by molar-refractivity contribution is 7.88. The monoisotopic (exact) mass is 422 g/mol.